The first-order valence-corrected chi connectivity index (χ1v) is 9.19. The third-order valence-electron chi connectivity index (χ3n) is 5.62. The van der Waals surface area contributed by atoms with Gasteiger partial charge in [-0.15, -0.1) is 10.2 Å². The zero-order valence-electron chi connectivity index (χ0n) is 14.4. The van der Waals surface area contributed by atoms with Gasteiger partial charge in [0.2, 0.25) is 0 Å². The zero-order valence-corrected chi connectivity index (χ0v) is 15.2. The normalized spacial score (nSPS) is 15.9. The monoisotopic (exact) mass is 363 g/mol. The van der Waals surface area contributed by atoms with Crippen LogP contribution in [0.15, 0.2) is 59.2 Å². The van der Waals surface area contributed by atoms with Gasteiger partial charge in [-0.25, -0.2) is 0 Å². The average molecular weight is 364 g/mol. The van der Waals surface area contributed by atoms with Crippen LogP contribution in [0.25, 0.3) is 22.4 Å². The first kappa shape index (κ1) is 15.6. The van der Waals surface area contributed by atoms with Crippen molar-refractivity contribution in [2.24, 2.45) is 7.05 Å². The van der Waals surface area contributed by atoms with E-state index in [1.807, 2.05) is 30.3 Å². The minimum absolute atomic E-state index is 0.0651. The van der Waals surface area contributed by atoms with Crippen LogP contribution < -0.4 is 0 Å². The minimum Gasteiger partial charge on any atom is -0.464 e. The second-order valence-electron chi connectivity index (χ2n) is 7.02. The third kappa shape index (κ3) is 2.22. The second-order valence-corrected chi connectivity index (χ2v) is 7.46. The van der Waals surface area contributed by atoms with Crippen LogP contribution in [0.5, 0.6) is 0 Å². The van der Waals surface area contributed by atoms with Crippen molar-refractivity contribution in [2.45, 2.75) is 24.7 Å². The summed E-state index contributed by atoms with van der Waals surface area (Å²) >= 11 is 6.08. The smallest absolute Gasteiger partial charge is 0.163 e. The molecule has 0 saturated heterocycles. The van der Waals surface area contributed by atoms with E-state index in [4.69, 9.17) is 16.0 Å². The van der Waals surface area contributed by atoms with Crippen LogP contribution in [0.2, 0.25) is 5.02 Å². The van der Waals surface area contributed by atoms with E-state index in [-0.39, 0.29) is 5.41 Å². The van der Waals surface area contributed by atoms with Crippen molar-refractivity contribution in [3.05, 3.63) is 71.2 Å². The van der Waals surface area contributed by atoms with Crippen LogP contribution in [0, 0.1) is 0 Å². The second kappa shape index (κ2) is 5.71. The summed E-state index contributed by atoms with van der Waals surface area (Å²) in [5.41, 5.74) is 3.13. The Morgan fingerprint density at radius 2 is 1.85 bits per heavy atom. The zero-order chi connectivity index (χ0) is 17.7. The maximum Gasteiger partial charge on any atom is 0.163 e. The molecule has 1 aliphatic carbocycles. The van der Waals surface area contributed by atoms with E-state index in [1.165, 1.54) is 12.0 Å². The fourth-order valence-corrected chi connectivity index (χ4v) is 4.17. The number of aromatic nitrogens is 3. The molecule has 4 nitrogen and oxygen atoms in total. The third-order valence-corrected chi connectivity index (χ3v) is 5.87. The van der Waals surface area contributed by atoms with Crippen LogP contribution in [0.4, 0.5) is 0 Å². The molecule has 0 atom stereocenters. The fraction of sp³-hybridized carbons (Fsp3) is 0.238. The summed E-state index contributed by atoms with van der Waals surface area (Å²) in [5.74, 6) is 1.90. The molecule has 0 aliphatic heterocycles. The summed E-state index contributed by atoms with van der Waals surface area (Å²) in [6.07, 6.45) is 5.08. The molecule has 0 spiro atoms. The van der Waals surface area contributed by atoms with Gasteiger partial charge in [-0.1, -0.05) is 30.2 Å². The summed E-state index contributed by atoms with van der Waals surface area (Å²) in [6.45, 7) is 0. The molecule has 0 unspecified atom stereocenters. The highest BCUT2D eigenvalue weighted by Crippen LogP contribution is 2.48. The maximum absolute atomic E-state index is 6.08. The molecule has 2 aromatic heterocycles. The van der Waals surface area contributed by atoms with Crippen molar-refractivity contribution in [1.29, 1.82) is 0 Å². The molecule has 4 aromatic rings. The van der Waals surface area contributed by atoms with E-state index in [1.54, 1.807) is 6.26 Å². The molecule has 0 N–H and O–H groups in total. The van der Waals surface area contributed by atoms with Gasteiger partial charge in [-0.05, 0) is 54.8 Å². The Hall–Kier alpha value is -2.59. The fourth-order valence-electron chi connectivity index (χ4n) is 4.04. The SMILES string of the molecule is Cn1c(-c2ccc3occc3c2)nnc1C1(c2ccc(Cl)cc2)CCC1. The lowest BCUT2D eigenvalue weighted by atomic mass is 9.64. The lowest BCUT2D eigenvalue weighted by molar-refractivity contribution is 0.278. The van der Waals surface area contributed by atoms with E-state index in [9.17, 15) is 0 Å². The molecule has 1 aliphatic rings. The van der Waals surface area contributed by atoms with E-state index in [0.717, 1.165) is 46.0 Å². The topological polar surface area (TPSA) is 43.9 Å². The quantitative estimate of drug-likeness (QED) is 0.492. The number of fused-ring (bicyclic) bond motifs is 1. The summed E-state index contributed by atoms with van der Waals surface area (Å²) in [6, 6.07) is 16.2. The minimum atomic E-state index is -0.0651. The first-order chi connectivity index (χ1) is 12.7. The number of benzene rings is 2. The predicted octanol–water partition coefficient (Wildman–Crippen LogP) is 5.35. The number of hydrogen-bond acceptors (Lipinski definition) is 3. The molecule has 1 saturated carbocycles. The number of rotatable bonds is 3. The Morgan fingerprint density at radius 3 is 2.58 bits per heavy atom. The highest BCUT2D eigenvalue weighted by molar-refractivity contribution is 6.30. The summed E-state index contributed by atoms with van der Waals surface area (Å²) < 4.78 is 7.57. The first-order valence-electron chi connectivity index (χ1n) is 8.81. The molecule has 5 rings (SSSR count). The highest BCUT2D eigenvalue weighted by Gasteiger charge is 2.44. The van der Waals surface area contributed by atoms with Gasteiger partial charge < -0.3 is 8.98 Å². The number of nitrogens with zero attached hydrogens (tertiary/aromatic N) is 3. The summed E-state index contributed by atoms with van der Waals surface area (Å²) in [7, 11) is 2.06. The van der Waals surface area contributed by atoms with E-state index < -0.39 is 0 Å². The van der Waals surface area contributed by atoms with E-state index in [0.29, 0.717) is 0 Å². The summed E-state index contributed by atoms with van der Waals surface area (Å²) in [5, 5.41) is 11.0. The molecule has 0 bridgehead atoms. The van der Waals surface area contributed by atoms with Gasteiger partial charge in [0.15, 0.2) is 5.82 Å². The highest BCUT2D eigenvalue weighted by atomic mass is 35.5. The van der Waals surface area contributed by atoms with Gasteiger partial charge in [0.05, 0.1) is 11.7 Å². The van der Waals surface area contributed by atoms with Gasteiger partial charge >= 0.3 is 0 Å². The van der Waals surface area contributed by atoms with E-state index in [2.05, 4.69) is 40.0 Å². The van der Waals surface area contributed by atoms with Crippen molar-refractivity contribution in [3.8, 4) is 11.4 Å². The predicted molar refractivity (Wildman–Crippen MR) is 102 cm³/mol. The molecule has 26 heavy (non-hydrogen) atoms. The Balaban J connectivity index is 1.61. The van der Waals surface area contributed by atoms with Gasteiger partial charge in [0.1, 0.15) is 11.4 Å². The largest absolute Gasteiger partial charge is 0.464 e. The molecule has 0 radical (unpaired) electrons. The Morgan fingerprint density at radius 1 is 1.04 bits per heavy atom. The maximum atomic E-state index is 6.08. The number of halogens is 1. The molecular formula is C21H18ClN3O. The van der Waals surface area contributed by atoms with Crippen LogP contribution in [0.3, 0.4) is 0 Å². The molecular weight excluding hydrogens is 346 g/mol. The number of hydrogen-bond donors (Lipinski definition) is 0. The van der Waals surface area contributed by atoms with Gasteiger partial charge in [-0.3, -0.25) is 0 Å². The van der Waals surface area contributed by atoms with Gasteiger partial charge in [-0.2, -0.15) is 0 Å². The van der Waals surface area contributed by atoms with Gasteiger partial charge in [0.25, 0.3) is 0 Å². The number of furan rings is 1. The molecule has 5 heteroatoms. The Bertz CT molecular complexity index is 1090. The van der Waals surface area contributed by atoms with Crippen LogP contribution >= 0.6 is 11.6 Å². The average Bonchev–Trinajstić information content (AvgIpc) is 3.22. The van der Waals surface area contributed by atoms with Crippen molar-refractivity contribution in [3.63, 3.8) is 0 Å². The van der Waals surface area contributed by atoms with Crippen LogP contribution in [0.1, 0.15) is 30.7 Å². The lowest BCUT2D eigenvalue weighted by Crippen LogP contribution is -2.38. The standard InChI is InChI=1S/C21H18ClN3O/c1-25-19(15-3-8-18-14(13-15)9-12-26-18)23-24-20(25)21(10-2-11-21)16-4-6-17(22)7-5-16/h3-9,12-13H,2,10-11H2,1H3. The molecule has 1 fully saturated rings. The van der Waals surface area contributed by atoms with Crippen LogP contribution in [-0.2, 0) is 12.5 Å². The Labute approximate surface area is 156 Å². The van der Waals surface area contributed by atoms with Crippen molar-refractivity contribution >= 4 is 22.6 Å². The van der Waals surface area contributed by atoms with Crippen LogP contribution in [-0.4, -0.2) is 14.8 Å². The molecule has 130 valence electrons. The Kier molecular flexibility index (Phi) is 3.44. The van der Waals surface area contributed by atoms with Crippen molar-refractivity contribution in [1.82, 2.24) is 14.8 Å². The lowest BCUT2D eigenvalue weighted by Gasteiger charge is -2.41. The molecule has 2 aromatic carbocycles. The molecule has 2 heterocycles. The van der Waals surface area contributed by atoms with Gasteiger partial charge in [0, 0.05) is 23.0 Å². The van der Waals surface area contributed by atoms with Crippen molar-refractivity contribution < 1.29 is 4.42 Å². The van der Waals surface area contributed by atoms with Crippen molar-refractivity contribution in [2.75, 3.05) is 0 Å². The summed E-state index contributed by atoms with van der Waals surface area (Å²) in [4.78, 5) is 0. The van der Waals surface area contributed by atoms with E-state index >= 15 is 0 Å². The molecule has 0 amide bonds.